The van der Waals surface area contributed by atoms with Crippen LogP contribution in [-0.2, 0) is 22.7 Å². The molecule has 3 rings (SSSR count). The molecule has 1 fully saturated rings. The highest BCUT2D eigenvalue weighted by Crippen LogP contribution is 2.28. The molecule has 0 bridgehead atoms. The van der Waals surface area contributed by atoms with Crippen LogP contribution in [-0.4, -0.2) is 48.8 Å². The van der Waals surface area contributed by atoms with Crippen molar-refractivity contribution >= 4 is 17.7 Å². The number of amides is 3. The number of likely N-dealkylation sites (N-methyl/N-ethyl adjacent to an activating group) is 1. The first-order valence-electron chi connectivity index (χ1n) is 8.22. The Bertz CT molecular complexity index is 674. The van der Waals surface area contributed by atoms with Gasteiger partial charge >= 0.3 is 0 Å². The van der Waals surface area contributed by atoms with E-state index in [1.54, 1.807) is 4.90 Å². The van der Waals surface area contributed by atoms with Gasteiger partial charge < -0.3 is 15.5 Å². The second-order valence-corrected chi connectivity index (χ2v) is 6.17. The summed E-state index contributed by atoms with van der Waals surface area (Å²) in [5.41, 5.74) is 2.64. The third kappa shape index (κ3) is 3.32. The lowest BCUT2D eigenvalue weighted by atomic mass is 10.0. The summed E-state index contributed by atoms with van der Waals surface area (Å²) in [6.07, 6.45) is 0.667. The van der Waals surface area contributed by atoms with E-state index in [-0.39, 0.29) is 24.1 Å². The second-order valence-electron chi connectivity index (χ2n) is 6.17. The zero-order valence-corrected chi connectivity index (χ0v) is 13.7. The molecule has 24 heavy (non-hydrogen) atoms. The Balaban J connectivity index is 1.69. The highest BCUT2D eigenvalue weighted by Gasteiger charge is 2.38. The van der Waals surface area contributed by atoms with E-state index in [1.807, 2.05) is 25.2 Å². The Morgan fingerprint density at radius 2 is 2.08 bits per heavy atom. The Morgan fingerprint density at radius 1 is 1.25 bits per heavy atom. The lowest BCUT2D eigenvalue weighted by molar-refractivity contribution is -0.136. The Labute approximate surface area is 140 Å². The highest BCUT2D eigenvalue weighted by molar-refractivity contribution is 6.05. The first-order chi connectivity index (χ1) is 11.6. The minimum atomic E-state index is -0.556. The molecule has 0 radical (unpaired) electrons. The van der Waals surface area contributed by atoms with Crippen molar-refractivity contribution in [2.75, 3.05) is 20.1 Å². The van der Waals surface area contributed by atoms with Crippen LogP contribution < -0.4 is 16.0 Å². The van der Waals surface area contributed by atoms with Crippen molar-refractivity contribution in [3.63, 3.8) is 0 Å². The zero-order chi connectivity index (χ0) is 17.1. The summed E-state index contributed by atoms with van der Waals surface area (Å²) in [6.45, 7) is 2.85. The molecule has 1 aromatic rings. The van der Waals surface area contributed by atoms with Crippen LogP contribution in [0.5, 0.6) is 0 Å². The fraction of sp³-hybridized carbons (Fsp3) is 0.471. The number of carbonyl (C=O) groups excluding carboxylic acids is 3. The standard InChI is InChI=1S/C17H22N4O3/c1-18-6-7-19-9-11-2-3-12-10-21(17(24)13(12)8-11)14-4-5-15(22)20-16(14)23/h2-3,8,14,18-19H,4-7,9-10H2,1H3,(H,20,22,23). The lowest BCUT2D eigenvalue weighted by Gasteiger charge is -2.29. The van der Waals surface area contributed by atoms with Gasteiger partial charge in [-0.05, 0) is 30.7 Å². The predicted molar refractivity (Wildman–Crippen MR) is 88.1 cm³/mol. The van der Waals surface area contributed by atoms with E-state index in [9.17, 15) is 14.4 Å². The summed E-state index contributed by atoms with van der Waals surface area (Å²) in [5.74, 6) is -0.770. The average molecular weight is 330 g/mol. The summed E-state index contributed by atoms with van der Waals surface area (Å²) in [5, 5.41) is 8.69. The molecule has 2 heterocycles. The Morgan fingerprint density at radius 3 is 2.83 bits per heavy atom. The summed E-state index contributed by atoms with van der Waals surface area (Å²) in [6, 6.07) is 5.30. The smallest absolute Gasteiger partial charge is 0.255 e. The normalized spacial score (nSPS) is 20.3. The van der Waals surface area contributed by atoms with Gasteiger partial charge in [-0.2, -0.15) is 0 Å². The summed E-state index contributed by atoms with van der Waals surface area (Å²) in [4.78, 5) is 37.6. The minimum absolute atomic E-state index is 0.128. The Hall–Kier alpha value is -2.25. The molecule has 7 heteroatoms. The van der Waals surface area contributed by atoms with Crippen LogP contribution >= 0.6 is 0 Å². The van der Waals surface area contributed by atoms with Crippen molar-refractivity contribution in [2.45, 2.75) is 32.0 Å². The lowest BCUT2D eigenvalue weighted by Crippen LogP contribution is -2.52. The van der Waals surface area contributed by atoms with Crippen LogP contribution in [0, 0.1) is 0 Å². The van der Waals surface area contributed by atoms with E-state index in [0.29, 0.717) is 25.1 Å². The zero-order valence-electron chi connectivity index (χ0n) is 13.7. The van der Waals surface area contributed by atoms with Gasteiger partial charge in [-0.1, -0.05) is 12.1 Å². The molecule has 2 aliphatic rings. The highest BCUT2D eigenvalue weighted by atomic mass is 16.2. The van der Waals surface area contributed by atoms with E-state index in [0.717, 1.165) is 24.2 Å². The molecule has 3 N–H and O–H groups in total. The van der Waals surface area contributed by atoms with Gasteiger partial charge in [0.25, 0.3) is 5.91 Å². The fourth-order valence-corrected chi connectivity index (χ4v) is 3.16. The van der Waals surface area contributed by atoms with Gasteiger partial charge in [-0.25, -0.2) is 0 Å². The maximum absolute atomic E-state index is 12.7. The van der Waals surface area contributed by atoms with Crippen molar-refractivity contribution in [1.29, 1.82) is 0 Å². The molecule has 1 unspecified atom stereocenters. The largest absolute Gasteiger partial charge is 0.322 e. The molecule has 1 saturated heterocycles. The van der Waals surface area contributed by atoms with Gasteiger partial charge in [0, 0.05) is 38.2 Å². The molecule has 7 nitrogen and oxygen atoms in total. The number of imide groups is 1. The van der Waals surface area contributed by atoms with Gasteiger partial charge in [0.05, 0.1) is 0 Å². The molecular formula is C17H22N4O3. The number of benzene rings is 1. The van der Waals surface area contributed by atoms with Crippen LogP contribution in [0.3, 0.4) is 0 Å². The summed E-state index contributed by atoms with van der Waals surface area (Å²) >= 11 is 0. The van der Waals surface area contributed by atoms with Gasteiger partial charge in [-0.3, -0.25) is 19.7 Å². The van der Waals surface area contributed by atoms with Crippen molar-refractivity contribution < 1.29 is 14.4 Å². The molecule has 0 saturated carbocycles. The number of fused-ring (bicyclic) bond motifs is 1. The summed E-state index contributed by atoms with van der Waals surface area (Å²) in [7, 11) is 1.90. The molecule has 0 aliphatic carbocycles. The number of rotatable bonds is 6. The molecule has 0 aromatic heterocycles. The number of hydrogen-bond donors (Lipinski definition) is 3. The van der Waals surface area contributed by atoms with Crippen molar-refractivity contribution in [1.82, 2.24) is 20.9 Å². The molecule has 3 amide bonds. The molecular weight excluding hydrogens is 308 g/mol. The fourth-order valence-electron chi connectivity index (χ4n) is 3.16. The van der Waals surface area contributed by atoms with Crippen molar-refractivity contribution in [3.05, 3.63) is 34.9 Å². The average Bonchev–Trinajstić information content (AvgIpc) is 2.88. The number of piperidine rings is 1. The van der Waals surface area contributed by atoms with Crippen molar-refractivity contribution in [3.8, 4) is 0 Å². The van der Waals surface area contributed by atoms with Crippen molar-refractivity contribution in [2.24, 2.45) is 0 Å². The molecule has 128 valence electrons. The Kier molecular flexibility index (Phi) is 4.92. The van der Waals surface area contributed by atoms with Gasteiger partial charge in [-0.15, -0.1) is 0 Å². The molecule has 2 aliphatic heterocycles. The van der Waals surface area contributed by atoms with E-state index in [1.165, 1.54) is 0 Å². The second kappa shape index (κ2) is 7.11. The van der Waals surface area contributed by atoms with Gasteiger partial charge in [0.2, 0.25) is 11.8 Å². The van der Waals surface area contributed by atoms with Crippen LogP contribution in [0.25, 0.3) is 0 Å². The monoisotopic (exact) mass is 330 g/mol. The maximum Gasteiger partial charge on any atom is 0.255 e. The number of carbonyl (C=O) groups is 3. The third-order valence-electron chi connectivity index (χ3n) is 4.47. The molecule has 1 aromatic carbocycles. The number of hydrogen-bond acceptors (Lipinski definition) is 5. The first kappa shape index (κ1) is 16.6. The van der Waals surface area contributed by atoms with E-state index < -0.39 is 6.04 Å². The van der Waals surface area contributed by atoms with Gasteiger partial charge in [0.1, 0.15) is 6.04 Å². The first-order valence-corrected chi connectivity index (χ1v) is 8.22. The van der Waals surface area contributed by atoms with Crippen LogP contribution in [0.2, 0.25) is 0 Å². The van der Waals surface area contributed by atoms with E-state index >= 15 is 0 Å². The van der Waals surface area contributed by atoms with E-state index in [4.69, 9.17) is 0 Å². The topological polar surface area (TPSA) is 90.5 Å². The van der Waals surface area contributed by atoms with Crippen LogP contribution in [0.1, 0.15) is 34.3 Å². The quantitative estimate of drug-likeness (QED) is 0.495. The van der Waals surface area contributed by atoms with Crippen LogP contribution in [0.4, 0.5) is 0 Å². The van der Waals surface area contributed by atoms with E-state index in [2.05, 4.69) is 16.0 Å². The van der Waals surface area contributed by atoms with Gasteiger partial charge in [0.15, 0.2) is 0 Å². The predicted octanol–water partition coefficient (Wildman–Crippen LogP) is -0.243. The van der Waals surface area contributed by atoms with Crippen LogP contribution in [0.15, 0.2) is 18.2 Å². The number of nitrogens with zero attached hydrogens (tertiary/aromatic N) is 1. The molecule has 0 spiro atoms. The maximum atomic E-state index is 12.7. The third-order valence-corrected chi connectivity index (χ3v) is 4.47. The molecule has 1 atom stereocenters. The minimum Gasteiger partial charge on any atom is -0.322 e. The summed E-state index contributed by atoms with van der Waals surface area (Å²) < 4.78 is 0. The SMILES string of the molecule is CNCCNCc1ccc2c(c1)C(=O)N(C1CCC(=O)NC1=O)C2. The number of nitrogens with one attached hydrogen (secondary N) is 3.